The number of nitrogens with two attached hydrogens (primary N) is 1. The van der Waals surface area contributed by atoms with E-state index in [9.17, 15) is 13.2 Å². The number of anilines is 1. The molecule has 4 rings (SSSR count). The first-order valence-corrected chi connectivity index (χ1v) is 11.3. The molecule has 2 aromatic heterocycles. The largest absolute Gasteiger partial charge is 0.497 e. The molecular formula is C22H23N5O5S. The van der Waals surface area contributed by atoms with Gasteiger partial charge in [0.25, 0.3) is 5.56 Å². The first kappa shape index (κ1) is 22.4. The average Bonchev–Trinajstić information content (AvgIpc) is 3.17. The molecule has 0 radical (unpaired) electrons. The van der Waals surface area contributed by atoms with Crippen molar-refractivity contribution in [1.82, 2.24) is 19.3 Å². The molecule has 0 saturated carbocycles. The van der Waals surface area contributed by atoms with Crippen LogP contribution in [0.1, 0.15) is 0 Å². The van der Waals surface area contributed by atoms with Crippen LogP contribution in [0.2, 0.25) is 0 Å². The van der Waals surface area contributed by atoms with Gasteiger partial charge in [-0.1, -0.05) is 12.1 Å². The predicted octanol–water partition coefficient (Wildman–Crippen LogP) is 2.43. The van der Waals surface area contributed by atoms with E-state index in [1.807, 2.05) is 0 Å². The second-order valence-corrected chi connectivity index (χ2v) is 9.58. The summed E-state index contributed by atoms with van der Waals surface area (Å²) in [5, 5.41) is 0.299. The number of sulfonamides is 1. The lowest BCUT2D eigenvalue weighted by atomic mass is 9.98. The van der Waals surface area contributed by atoms with Crippen LogP contribution in [-0.4, -0.2) is 56.0 Å². The monoisotopic (exact) mass is 469 g/mol. The standard InChI is InChI=1S/C22H23N5O5S/c1-27(2)33(29,30)14-8-5-12(6-9-14)19-17(15-10-7-13(31-3)11-16(15)32-4)18-20(24-19)25-22(23)26-21(18)28/h5-11H,1-4H3,(H4,23,24,25,26,28). The molecule has 0 saturated heterocycles. The molecule has 0 aliphatic rings. The van der Waals surface area contributed by atoms with Gasteiger partial charge in [0.1, 0.15) is 17.1 Å². The number of H-pyrrole nitrogens is 2. The minimum absolute atomic E-state index is 0.0269. The zero-order valence-corrected chi connectivity index (χ0v) is 19.3. The van der Waals surface area contributed by atoms with Crippen molar-refractivity contribution in [2.45, 2.75) is 4.90 Å². The maximum absolute atomic E-state index is 12.9. The first-order valence-electron chi connectivity index (χ1n) is 9.84. The van der Waals surface area contributed by atoms with Crippen LogP contribution in [0.15, 0.2) is 52.2 Å². The summed E-state index contributed by atoms with van der Waals surface area (Å²) in [6.07, 6.45) is 0. The Morgan fingerprint density at radius 3 is 2.30 bits per heavy atom. The third kappa shape index (κ3) is 3.81. The highest BCUT2D eigenvalue weighted by atomic mass is 32.2. The summed E-state index contributed by atoms with van der Waals surface area (Å²) in [5.74, 6) is 1.05. The highest BCUT2D eigenvalue weighted by Crippen LogP contribution is 2.42. The van der Waals surface area contributed by atoms with Crippen molar-refractivity contribution in [3.63, 3.8) is 0 Å². The van der Waals surface area contributed by atoms with E-state index in [1.54, 1.807) is 37.4 Å². The Labute approximate surface area is 190 Å². The maximum Gasteiger partial charge on any atom is 0.262 e. The van der Waals surface area contributed by atoms with Crippen LogP contribution in [-0.2, 0) is 10.0 Å². The second-order valence-electron chi connectivity index (χ2n) is 7.43. The summed E-state index contributed by atoms with van der Waals surface area (Å²) >= 11 is 0. The van der Waals surface area contributed by atoms with Crippen LogP contribution < -0.4 is 20.8 Å². The quantitative estimate of drug-likeness (QED) is 0.393. The van der Waals surface area contributed by atoms with E-state index in [2.05, 4.69) is 15.0 Å². The lowest BCUT2D eigenvalue weighted by molar-refractivity contribution is 0.395. The molecule has 0 bridgehead atoms. The third-order valence-electron chi connectivity index (χ3n) is 5.28. The molecule has 10 nitrogen and oxygen atoms in total. The van der Waals surface area contributed by atoms with Gasteiger partial charge in [-0.05, 0) is 29.8 Å². The van der Waals surface area contributed by atoms with E-state index in [1.165, 1.54) is 33.3 Å². The summed E-state index contributed by atoms with van der Waals surface area (Å²) < 4.78 is 36.9. The number of nitrogens with one attached hydrogen (secondary N) is 2. The molecule has 0 aliphatic carbocycles. The maximum atomic E-state index is 12.9. The van der Waals surface area contributed by atoms with Crippen LogP contribution >= 0.6 is 0 Å². The number of aromatic amines is 2. The van der Waals surface area contributed by atoms with Gasteiger partial charge in [-0.15, -0.1) is 0 Å². The molecule has 0 unspecified atom stereocenters. The molecule has 0 fully saturated rings. The smallest absolute Gasteiger partial charge is 0.262 e. The third-order valence-corrected chi connectivity index (χ3v) is 7.11. The molecule has 0 aliphatic heterocycles. The molecule has 11 heteroatoms. The number of hydrogen-bond donors (Lipinski definition) is 3. The van der Waals surface area contributed by atoms with Crippen molar-refractivity contribution in [3.05, 3.63) is 52.8 Å². The Hall–Kier alpha value is -3.83. The van der Waals surface area contributed by atoms with Crippen molar-refractivity contribution in [3.8, 4) is 33.9 Å². The Morgan fingerprint density at radius 1 is 1.00 bits per heavy atom. The van der Waals surface area contributed by atoms with Gasteiger partial charge in [0.05, 0.1) is 30.2 Å². The minimum Gasteiger partial charge on any atom is -0.497 e. The Balaban J connectivity index is 2.01. The molecule has 0 amide bonds. The summed E-state index contributed by atoms with van der Waals surface area (Å²) in [5.41, 5.74) is 8.01. The molecule has 172 valence electrons. The molecule has 4 N–H and O–H groups in total. The normalized spacial score (nSPS) is 11.8. The van der Waals surface area contributed by atoms with Gasteiger partial charge in [-0.25, -0.2) is 12.7 Å². The van der Waals surface area contributed by atoms with Crippen molar-refractivity contribution in [1.29, 1.82) is 0 Å². The zero-order valence-electron chi connectivity index (χ0n) is 18.5. The van der Waals surface area contributed by atoms with Crippen LogP contribution in [0.5, 0.6) is 11.5 Å². The van der Waals surface area contributed by atoms with Gasteiger partial charge in [0.15, 0.2) is 0 Å². The molecule has 0 spiro atoms. The van der Waals surface area contributed by atoms with Gasteiger partial charge >= 0.3 is 0 Å². The number of nitrogens with zero attached hydrogens (tertiary/aromatic N) is 2. The Morgan fingerprint density at radius 2 is 1.70 bits per heavy atom. The van der Waals surface area contributed by atoms with Crippen molar-refractivity contribution < 1.29 is 17.9 Å². The topological polar surface area (TPSA) is 143 Å². The van der Waals surface area contributed by atoms with Gasteiger partial charge in [-0.3, -0.25) is 9.78 Å². The van der Waals surface area contributed by atoms with E-state index < -0.39 is 15.6 Å². The summed E-state index contributed by atoms with van der Waals surface area (Å²) in [6.45, 7) is 0. The number of benzene rings is 2. The van der Waals surface area contributed by atoms with E-state index >= 15 is 0 Å². The van der Waals surface area contributed by atoms with Crippen LogP contribution in [0.3, 0.4) is 0 Å². The fourth-order valence-corrected chi connectivity index (χ4v) is 4.52. The zero-order chi connectivity index (χ0) is 23.9. The highest BCUT2D eigenvalue weighted by Gasteiger charge is 2.23. The SMILES string of the molecule is COc1ccc(-c2c(-c3ccc(S(=O)(=O)N(C)C)cc3)[nH]c3nc(N)[nH]c(=O)c23)c(OC)c1. The minimum atomic E-state index is -3.59. The van der Waals surface area contributed by atoms with Gasteiger partial charge in [-0.2, -0.15) is 4.98 Å². The molecule has 2 aromatic carbocycles. The molecule has 4 aromatic rings. The first-order chi connectivity index (χ1) is 15.7. The Kier molecular flexibility index (Phi) is 5.60. The number of nitrogen functional groups attached to an aromatic ring is 1. The molecule has 33 heavy (non-hydrogen) atoms. The fourth-order valence-electron chi connectivity index (χ4n) is 3.61. The summed E-state index contributed by atoms with van der Waals surface area (Å²) in [4.78, 5) is 23.0. The molecule has 2 heterocycles. The van der Waals surface area contributed by atoms with Crippen molar-refractivity contribution in [2.24, 2.45) is 0 Å². The number of methoxy groups -OCH3 is 2. The van der Waals surface area contributed by atoms with Gasteiger partial charge < -0.3 is 20.2 Å². The van der Waals surface area contributed by atoms with E-state index in [0.717, 1.165) is 4.31 Å². The average molecular weight is 470 g/mol. The highest BCUT2D eigenvalue weighted by molar-refractivity contribution is 7.89. The Bertz CT molecular complexity index is 1500. The number of aromatic nitrogens is 3. The van der Waals surface area contributed by atoms with Crippen molar-refractivity contribution >= 4 is 27.0 Å². The molecule has 0 atom stereocenters. The van der Waals surface area contributed by atoms with E-state index in [4.69, 9.17) is 15.2 Å². The van der Waals surface area contributed by atoms with Crippen LogP contribution in [0, 0.1) is 0 Å². The van der Waals surface area contributed by atoms with Crippen molar-refractivity contribution in [2.75, 3.05) is 34.0 Å². The number of fused-ring (bicyclic) bond motifs is 1. The van der Waals surface area contributed by atoms with Gasteiger partial charge in [0.2, 0.25) is 16.0 Å². The second kappa shape index (κ2) is 8.26. The summed E-state index contributed by atoms with van der Waals surface area (Å²) in [6, 6.07) is 11.6. The van der Waals surface area contributed by atoms with Gasteiger partial charge in [0, 0.05) is 31.3 Å². The van der Waals surface area contributed by atoms with Crippen LogP contribution in [0.4, 0.5) is 5.95 Å². The predicted molar refractivity (Wildman–Crippen MR) is 126 cm³/mol. The lowest BCUT2D eigenvalue weighted by Gasteiger charge is -2.13. The lowest BCUT2D eigenvalue weighted by Crippen LogP contribution is -2.22. The molecular weight excluding hydrogens is 446 g/mol. The number of hydrogen-bond acceptors (Lipinski definition) is 7. The fraction of sp³-hybridized carbons (Fsp3) is 0.182. The summed E-state index contributed by atoms with van der Waals surface area (Å²) in [7, 11) is 2.42. The number of rotatable bonds is 6. The number of ether oxygens (including phenoxy) is 2. The van der Waals surface area contributed by atoms with E-state index in [0.29, 0.717) is 44.9 Å². The van der Waals surface area contributed by atoms with Crippen LogP contribution in [0.25, 0.3) is 33.4 Å². The van der Waals surface area contributed by atoms with E-state index in [-0.39, 0.29) is 10.8 Å².